The Balaban J connectivity index is 1.18. The second-order valence-corrected chi connectivity index (χ2v) is 9.95. The van der Waals surface area contributed by atoms with Gasteiger partial charge in [-0.25, -0.2) is 24.9 Å². The van der Waals surface area contributed by atoms with Gasteiger partial charge in [0.05, 0.1) is 5.69 Å². The number of fused-ring (bicyclic) bond motifs is 12. The van der Waals surface area contributed by atoms with E-state index in [1.54, 1.807) is 12.5 Å². The van der Waals surface area contributed by atoms with Crippen molar-refractivity contribution in [3.8, 4) is 22.8 Å². The van der Waals surface area contributed by atoms with Gasteiger partial charge in [0, 0.05) is 58.1 Å². The SMILES string of the molecule is c1ccc(-c2ccc3c4ccc(Oc5ccc6c7cncnc7n7ccnc7c6c5)cc4c4nccn4c3n2)cc1. The first-order valence-electron chi connectivity index (χ1n) is 13.2. The molecule has 8 heteroatoms. The zero-order valence-corrected chi connectivity index (χ0v) is 21.5. The molecule has 0 spiro atoms. The first-order valence-corrected chi connectivity index (χ1v) is 13.2. The summed E-state index contributed by atoms with van der Waals surface area (Å²) in [7, 11) is 0. The van der Waals surface area contributed by atoms with Crippen LogP contribution in [0.15, 0.2) is 116 Å². The summed E-state index contributed by atoms with van der Waals surface area (Å²) in [5.74, 6) is 1.44. The Hall–Kier alpha value is -5.89. The summed E-state index contributed by atoms with van der Waals surface area (Å²) in [5.41, 5.74) is 5.35. The third kappa shape index (κ3) is 3.24. The molecule has 192 valence electrons. The van der Waals surface area contributed by atoms with Crippen molar-refractivity contribution < 1.29 is 4.74 Å². The molecule has 0 aliphatic heterocycles. The molecule has 0 aliphatic carbocycles. The third-order valence-corrected chi connectivity index (χ3v) is 7.65. The molecule has 6 aromatic heterocycles. The van der Waals surface area contributed by atoms with Crippen LogP contribution in [0.3, 0.4) is 0 Å². The van der Waals surface area contributed by atoms with Gasteiger partial charge in [-0.2, -0.15) is 0 Å². The van der Waals surface area contributed by atoms with E-state index in [0.29, 0.717) is 5.75 Å². The van der Waals surface area contributed by atoms with Crippen LogP contribution < -0.4 is 4.74 Å². The van der Waals surface area contributed by atoms with Crippen molar-refractivity contribution in [3.05, 3.63) is 116 Å². The zero-order chi connectivity index (χ0) is 26.9. The van der Waals surface area contributed by atoms with Crippen LogP contribution in [0, 0.1) is 0 Å². The molecular weight excluding hydrogens is 510 g/mol. The van der Waals surface area contributed by atoms with Crippen molar-refractivity contribution >= 4 is 54.9 Å². The van der Waals surface area contributed by atoms with Gasteiger partial charge in [-0.3, -0.25) is 8.80 Å². The van der Waals surface area contributed by atoms with E-state index in [1.807, 2.05) is 82.1 Å². The molecule has 0 fully saturated rings. The van der Waals surface area contributed by atoms with Crippen molar-refractivity contribution in [2.24, 2.45) is 0 Å². The molecule has 41 heavy (non-hydrogen) atoms. The molecule has 0 unspecified atom stereocenters. The first-order chi connectivity index (χ1) is 20.3. The molecule has 0 atom stereocenters. The van der Waals surface area contributed by atoms with Crippen molar-refractivity contribution in [2.45, 2.75) is 0 Å². The minimum absolute atomic E-state index is 0.715. The Labute approximate surface area is 232 Å². The summed E-state index contributed by atoms with van der Waals surface area (Å²) in [6, 6.07) is 26.6. The van der Waals surface area contributed by atoms with Gasteiger partial charge in [-0.1, -0.05) is 30.3 Å². The average Bonchev–Trinajstić information content (AvgIpc) is 3.73. The van der Waals surface area contributed by atoms with Gasteiger partial charge in [-0.05, 0) is 59.3 Å². The largest absolute Gasteiger partial charge is 0.457 e. The van der Waals surface area contributed by atoms with E-state index in [9.17, 15) is 0 Å². The van der Waals surface area contributed by atoms with Crippen LogP contribution >= 0.6 is 0 Å². The van der Waals surface area contributed by atoms with Gasteiger partial charge in [0.1, 0.15) is 40.4 Å². The van der Waals surface area contributed by atoms with Gasteiger partial charge >= 0.3 is 0 Å². The highest BCUT2D eigenvalue weighted by molar-refractivity contribution is 6.12. The number of pyridine rings is 3. The fourth-order valence-electron chi connectivity index (χ4n) is 5.81. The number of rotatable bonds is 3. The maximum absolute atomic E-state index is 6.43. The Morgan fingerprint density at radius 1 is 0.537 bits per heavy atom. The lowest BCUT2D eigenvalue weighted by Gasteiger charge is -2.12. The lowest BCUT2D eigenvalue weighted by atomic mass is 10.1. The highest BCUT2D eigenvalue weighted by atomic mass is 16.5. The van der Waals surface area contributed by atoms with Crippen LogP contribution in [0.1, 0.15) is 0 Å². The lowest BCUT2D eigenvalue weighted by Crippen LogP contribution is -1.96. The van der Waals surface area contributed by atoms with E-state index >= 15 is 0 Å². The van der Waals surface area contributed by atoms with Crippen LogP contribution in [-0.2, 0) is 0 Å². The summed E-state index contributed by atoms with van der Waals surface area (Å²) in [5, 5.41) is 6.08. The highest BCUT2D eigenvalue weighted by Gasteiger charge is 2.15. The Morgan fingerprint density at radius 3 is 1.90 bits per heavy atom. The number of hydrogen-bond acceptors (Lipinski definition) is 6. The topological polar surface area (TPSA) is 82.5 Å². The smallest absolute Gasteiger partial charge is 0.149 e. The minimum atomic E-state index is 0.715. The van der Waals surface area contributed by atoms with Crippen LogP contribution in [0.4, 0.5) is 0 Å². The molecule has 0 aliphatic rings. The normalized spacial score (nSPS) is 11.9. The van der Waals surface area contributed by atoms with E-state index in [-0.39, 0.29) is 0 Å². The van der Waals surface area contributed by atoms with Gasteiger partial charge < -0.3 is 4.74 Å². The molecule has 0 N–H and O–H groups in total. The van der Waals surface area contributed by atoms with E-state index in [2.05, 4.69) is 45.3 Å². The summed E-state index contributed by atoms with van der Waals surface area (Å²) in [6.45, 7) is 0. The monoisotopic (exact) mass is 529 g/mol. The molecule has 8 nitrogen and oxygen atoms in total. The fourth-order valence-corrected chi connectivity index (χ4v) is 5.81. The second-order valence-electron chi connectivity index (χ2n) is 9.95. The summed E-state index contributed by atoms with van der Waals surface area (Å²) in [6.07, 6.45) is 10.9. The number of ether oxygens (including phenoxy) is 1. The zero-order valence-electron chi connectivity index (χ0n) is 21.5. The molecule has 3 aromatic carbocycles. The molecule has 0 saturated carbocycles. The number of benzene rings is 3. The fraction of sp³-hybridized carbons (Fsp3) is 0. The standard InChI is InChI=1S/C33H19N7O/c1-2-4-20(5-3-1)29-11-10-25-23-8-6-21(16-26(23)31-36-13-15-40(31)33(25)38-29)41-22-7-9-24-27(17-22)30-35-12-14-39(30)32-28(24)18-34-19-37-32/h1-19H. The van der Waals surface area contributed by atoms with Gasteiger partial charge in [0.25, 0.3) is 0 Å². The van der Waals surface area contributed by atoms with Crippen LogP contribution in [0.5, 0.6) is 11.5 Å². The predicted octanol–water partition coefficient (Wildman–Crippen LogP) is 7.24. The number of imidazole rings is 2. The lowest BCUT2D eigenvalue weighted by molar-refractivity contribution is 0.484. The van der Waals surface area contributed by atoms with Crippen LogP contribution in [0.25, 0.3) is 66.2 Å². The van der Waals surface area contributed by atoms with E-state index < -0.39 is 0 Å². The minimum Gasteiger partial charge on any atom is -0.457 e. The highest BCUT2D eigenvalue weighted by Crippen LogP contribution is 2.35. The van der Waals surface area contributed by atoms with Gasteiger partial charge in [0.2, 0.25) is 0 Å². The molecule has 9 aromatic rings. The van der Waals surface area contributed by atoms with Crippen molar-refractivity contribution in [1.29, 1.82) is 0 Å². The number of aromatic nitrogens is 7. The maximum Gasteiger partial charge on any atom is 0.149 e. The van der Waals surface area contributed by atoms with Crippen LogP contribution in [-0.4, -0.2) is 33.7 Å². The summed E-state index contributed by atoms with van der Waals surface area (Å²) >= 11 is 0. The van der Waals surface area contributed by atoms with Crippen LogP contribution in [0.2, 0.25) is 0 Å². The molecule has 0 saturated heterocycles. The molecular formula is C33H19N7O. The Kier molecular flexibility index (Phi) is 4.45. The van der Waals surface area contributed by atoms with E-state index in [1.165, 1.54) is 0 Å². The molecule has 6 heterocycles. The van der Waals surface area contributed by atoms with Gasteiger partial charge in [-0.15, -0.1) is 0 Å². The molecule has 0 bridgehead atoms. The molecule has 9 rings (SSSR count). The summed E-state index contributed by atoms with van der Waals surface area (Å²) in [4.78, 5) is 23.0. The van der Waals surface area contributed by atoms with E-state index in [4.69, 9.17) is 14.7 Å². The molecule has 0 amide bonds. The van der Waals surface area contributed by atoms with Crippen molar-refractivity contribution in [2.75, 3.05) is 0 Å². The Morgan fingerprint density at radius 2 is 1.17 bits per heavy atom. The molecule has 0 radical (unpaired) electrons. The summed E-state index contributed by atoms with van der Waals surface area (Å²) < 4.78 is 10.5. The number of nitrogens with zero attached hydrogens (tertiary/aromatic N) is 7. The quantitative estimate of drug-likeness (QED) is 0.224. The average molecular weight is 530 g/mol. The van der Waals surface area contributed by atoms with Crippen molar-refractivity contribution in [1.82, 2.24) is 33.7 Å². The van der Waals surface area contributed by atoms with E-state index in [0.717, 1.165) is 71.9 Å². The number of hydrogen-bond donors (Lipinski definition) is 0. The second kappa shape index (κ2) is 8.30. The third-order valence-electron chi connectivity index (χ3n) is 7.65. The van der Waals surface area contributed by atoms with Gasteiger partial charge in [0.15, 0.2) is 0 Å². The first kappa shape index (κ1) is 22.0. The predicted molar refractivity (Wildman–Crippen MR) is 159 cm³/mol. The van der Waals surface area contributed by atoms with Crippen molar-refractivity contribution in [3.63, 3.8) is 0 Å². The Bertz CT molecular complexity index is 2460. The maximum atomic E-state index is 6.43.